The fraction of sp³-hybridized carbons (Fsp3) is 0.389. The molecule has 0 fully saturated rings. The molecule has 2 aromatic rings. The van der Waals surface area contributed by atoms with Crippen LogP contribution in [0, 0.1) is 5.92 Å². The van der Waals surface area contributed by atoms with E-state index in [1.165, 1.54) is 0 Å². The van der Waals surface area contributed by atoms with Crippen LogP contribution in [0.3, 0.4) is 0 Å². The number of hydrogen-bond acceptors (Lipinski definition) is 3. The first-order valence-corrected chi connectivity index (χ1v) is 7.72. The third-order valence-electron chi connectivity index (χ3n) is 4.15. The summed E-state index contributed by atoms with van der Waals surface area (Å²) in [4.78, 5) is 12.2. The lowest BCUT2D eigenvalue weighted by molar-refractivity contribution is -0.125. The van der Waals surface area contributed by atoms with Gasteiger partial charge < -0.3 is 14.5 Å². The highest BCUT2D eigenvalue weighted by molar-refractivity contribution is 5.79. The lowest BCUT2D eigenvalue weighted by Gasteiger charge is -2.19. The number of hydrogen-bond donors (Lipinski definition) is 1. The van der Waals surface area contributed by atoms with Gasteiger partial charge in [0, 0.05) is 18.4 Å². The van der Waals surface area contributed by atoms with Crippen LogP contribution in [-0.2, 0) is 9.53 Å². The van der Waals surface area contributed by atoms with Crippen molar-refractivity contribution in [3.8, 4) is 0 Å². The molecule has 22 heavy (non-hydrogen) atoms. The van der Waals surface area contributed by atoms with Gasteiger partial charge in [0.15, 0.2) is 0 Å². The summed E-state index contributed by atoms with van der Waals surface area (Å²) in [6.45, 7) is 0.426. The summed E-state index contributed by atoms with van der Waals surface area (Å²) in [5.41, 5.74) is 0.836. The van der Waals surface area contributed by atoms with Gasteiger partial charge in [0.25, 0.3) is 0 Å². The molecule has 1 aliphatic carbocycles. The van der Waals surface area contributed by atoms with Gasteiger partial charge in [0.1, 0.15) is 17.4 Å². The Bertz CT molecular complexity index is 641. The van der Waals surface area contributed by atoms with E-state index in [0.29, 0.717) is 6.54 Å². The number of para-hydroxylation sites is 1. The third kappa shape index (κ3) is 3.22. The average Bonchev–Trinajstić information content (AvgIpc) is 3.00. The minimum atomic E-state index is -0.268. The van der Waals surface area contributed by atoms with Crippen molar-refractivity contribution in [2.24, 2.45) is 5.92 Å². The first-order valence-electron chi connectivity index (χ1n) is 7.72. The molecule has 0 spiro atoms. The van der Waals surface area contributed by atoms with Crippen molar-refractivity contribution >= 4 is 16.9 Å². The second-order valence-electron chi connectivity index (χ2n) is 5.64. The summed E-state index contributed by atoms with van der Waals surface area (Å²) in [5.74, 6) is 0.924. The molecule has 0 aliphatic heterocycles. The smallest absolute Gasteiger partial charge is 0.223 e. The van der Waals surface area contributed by atoms with E-state index in [0.717, 1.165) is 36.0 Å². The van der Waals surface area contributed by atoms with Crippen LogP contribution >= 0.6 is 0 Å². The predicted molar refractivity (Wildman–Crippen MR) is 85.5 cm³/mol. The van der Waals surface area contributed by atoms with Crippen molar-refractivity contribution in [3.63, 3.8) is 0 Å². The molecule has 4 heteroatoms. The highest BCUT2D eigenvalue weighted by Crippen LogP contribution is 2.25. The number of carbonyl (C=O) groups excluding carboxylic acids is 1. The van der Waals surface area contributed by atoms with Gasteiger partial charge in [0.05, 0.1) is 6.54 Å². The monoisotopic (exact) mass is 299 g/mol. The molecule has 1 N–H and O–H groups in total. The number of fused-ring (bicyclic) bond motifs is 1. The number of carbonyl (C=O) groups is 1. The fourth-order valence-corrected chi connectivity index (χ4v) is 2.83. The van der Waals surface area contributed by atoms with E-state index in [1.807, 2.05) is 30.3 Å². The Hall–Kier alpha value is -2.07. The normalized spacial score (nSPS) is 19.2. The summed E-state index contributed by atoms with van der Waals surface area (Å²) >= 11 is 0. The topological polar surface area (TPSA) is 51.5 Å². The van der Waals surface area contributed by atoms with Crippen LogP contribution in [0.2, 0.25) is 0 Å². The van der Waals surface area contributed by atoms with Crippen molar-refractivity contribution in [1.29, 1.82) is 0 Å². The molecule has 4 nitrogen and oxygen atoms in total. The summed E-state index contributed by atoms with van der Waals surface area (Å²) in [5, 5.41) is 4.03. The van der Waals surface area contributed by atoms with Crippen LogP contribution in [0.1, 0.15) is 31.1 Å². The predicted octanol–water partition coefficient (Wildman–Crippen LogP) is 3.59. The number of nitrogens with one attached hydrogen (secondary N) is 1. The third-order valence-corrected chi connectivity index (χ3v) is 4.15. The Balaban J connectivity index is 1.64. The zero-order valence-corrected chi connectivity index (χ0v) is 12.7. The van der Waals surface area contributed by atoms with Crippen molar-refractivity contribution < 1.29 is 13.9 Å². The van der Waals surface area contributed by atoms with E-state index in [2.05, 4.69) is 17.5 Å². The minimum Gasteiger partial charge on any atom is -0.458 e. The first kappa shape index (κ1) is 14.9. The van der Waals surface area contributed by atoms with Gasteiger partial charge in [-0.1, -0.05) is 30.4 Å². The number of amides is 1. The molecule has 116 valence electrons. The molecule has 0 radical (unpaired) electrons. The Morgan fingerprint density at radius 3 is 3.00 bits per heavy atom. The van der Waals surface area contributed by atoms with Crippen molar-refractivity contribution in [2.75, 3.05) is 13.7 Å². The van der Waals surface area contributed by atoms with Crippen LogP contribution < -0.4 is 5.32 Å². The molecule has 1 aromatic heterocycles. The molecular formula is C18H21NO3. The van der Waals surface area contributed by atoms with Crippen molar-refractivity contribution in [2.45, 2.75) is 25.4 Å². The van der Waals surface area contributed by atoms with Crippen LogP contribution in [0.25, 0.3) is 11.0 Å². The standard InChI is InChI=1S/C18H21NO3/c1-21-17(12-19-18(20)13-7-3-2-4-8-13)16-11-14-9-5-6-10-15(14)22-16/h2-3,5-6,9-11,13,17H,4,7-8,12H2,1H3,(H,19,20). The van der Waals surface area contributed by atoms with Gasteiger partial charge >= 0.3 is 0 Å². The first-order chi connectivity index (χ1) is 10.8. The summed E-state index contributed by atoms with van der Waals surface area (Å²) < 4.78 is 11.3. The molecule has 3 rings (SSSR count). The number of allylic oxidation sites excluding steroid dienone is 2. The summed E-state index contributed by atoms with van der Waals surface area (Å²) in [7, 11) is 1.63. The molecular weight excluding hydrogens is 278 g/mol. The highest BCUT2D eigenvalue weighted by Gasteiger charge is 2.21. The second-order valence-corrected chi connectivity index (χ2v) is 5.64. The SMILES string of the molecule is COC(CNC(=O)C1CC=CCC1)c1cc2ccccc2o1. The molecule has 2 unspecified atom stereocenters. The molecule has 0 saturated heterocycles. The second kappa shape index (κ2) is 6.79. The van der Waals surface area contributed by atoms with Gasteiger partial charge in [0.2, 0.25) is 5.91 Å². The molecule has 0 saturated carbocycles. The van der Waals surface area contributed by atoms with Gasteiger partial charge in [-0.15, -0.1) is 0 Å². The average molecular weight is 299 g/mol. The Kier molecular flexibility index (Phi) is 4.59. The largest absolute Gasteiger partial charge is 0.458 e. The Morgan fingerprint density at radius 2 is 2.27 bits per heavy atom. The lowest BCUT2D eigenvalue weighted by Crippen LogP contribution is -2.34. The van der Waals surface area contributed by atoms with Gasteiger partial charge in [-0.3, -0.25) is 4.79 Å². The number of rotatable bonds is 5. The van der Waals surface area contributed by atoms with Crippen LogP contribution in [0.4, 0.5) is 0 Å². The molecule has 0 bridgehead atoms. The minimum absolute atomic E-state index is 0.0816. The van der Waals surface area contributed by atoms with E-state index in [1.54, 1.807) is 7.11 Å². The number of ether oxygens (including phenoxy) is 1. The zero-order valence-electron chi connectivity index (χ0n) is 12.7. The zero-order chi connectivity index (χ0) is 15.4. The number of methoxy groups -OCH3 is 1. The molecule has 1 aromatic carbocycles. The summed E-state index contributed by atoms with van der Waals surface area (Å²) in [6.07, 6.45) is 6.68. The van der Waals surface area contributed by atoms with Gasteiger partial charge in [-0.25, -0.2) is 0 Å². The molecule has 2 atom stereocenters. The maximum absolute atomic E-state index is 12.2. The van der Waals surface area contributed by atoms with Crippen molar-refractivity contribution in [1.82, 2.24) is 5.32 Å². The lowest BCUT2D eigenvalue weighted by atomic mass is 9.93. The quantitative estimate of drug-likeness (QED) is 0.858. The highest BCUT2D eigenvalue weighted by atomic mass is 16.5. The van der Waals surface area contributed by atoms with E-state index in [-0.39, 0.29) is 17.9 Å². The number of benzene rings is 1. The molecule has 1 amide bonds. The van der Waals surface area contributed by atoms with Crippen LogP contribution in [0.15, 0.2) is 46.9 Å². The van der Waals surface area contributed by atoms with E-state index < -0.39 is 0 Å². The number of furan rings is 1. The van der Waals surface area contributed by atoms with E-state index >= 15 is 0 Å². The van der Waals surface area contributed by atoms with Gasteiger partial charge in [-0.05, 0) is 31.4 Å². The molecule has 1 aliphatic rings. The Labute approximate surface area is 130 Å². The maximum atomic E-state index is 12.2. The van der Waals surface area contributed by atoms with Gasteiger partial charge in [-0.2, -0.15) is 0 Å². The fourth-order valence-electron chi connectivity index (χ4n) is 2.83. The van der Waals surface area contributed by atoms with E-state index in [4.69, 9.17) is 9.15 Å². The van der Waals surface area contributed by atoms with E-state index in [9.17, 15) is 4.79 Å². The van der Waals surface area contributed by atoms with Crippen LogP contribution in [0.5, 0.6) is 0 Å². The molecule has 1 heterocycles. The van der Waals surface area contributed by atoms with Crippen molar-refractivity contribution in [3.05, 3.63) is 48.2 Å². The Morgan fingerprint density at radius 1 is 1.41 bits per heavy atom. The van der Waals surface area contributed by atoms with Crippen LogP contribution in [-0.4, -0.2) is 19.6 Å². The maximum Gasteiger partial charge on any atom is 0.223 e. The summed E-state index contributed by atoms with van der Waals surface area (Å²) in [6, 6.07) is 9.82.